The molecule has 0 spiro atoms. The first-order chi connectivity index (χ1) is 14.1. The molecule has 2 bridgehead atoms. The molecule has 2 N–H and O–H groups in total. The number of hydrogen-bond acceptors (Lipinski definition) is 4. The van der Waals surface area contributed by atoms with Gasteiger partial charge in [0, 0.05) is 28.7 Å². The lowest BCUT2D eigenvalue weighted by molar-refractivity contribution is 0.366. The molecule has 0 aromatic carbocycles. The van der Waals surface area contributed by atoms with Gasteiger partial charge in [0.15, 0.2) is 5.65 Å². The number of nitrogens with zero attached hydrogens (tertiary/aromatic N) is 3. The summed E-state index contributed by atoms with van der Waals surface area (Å²) >= 11 is 2.02. The lowest BCUT2D eigenvalue weighted by Crippen LogP contribution is -2.36. The van der Waals surface area contributed by atoms with Crippen LogP contribution in [0.5, 0.6) is 0 Å². The average Bonchev–Trinajstić information content (AvgIpc) is 3.43. The van der Waals surface area contributed by atoms with E-state index in [9.17, 15) is 0 Å². The van der Waals surface area contributed by atoms with E-state index < -0.39 is 0 Å². The molecule has 2 aliphatic rings. The Labute approximate surface area is 174 Å². The van der Waals surface area contributed by atoms with Crippen LogP contribution in [0.15, 0.2) is 24.7 Å². The van der Waals surface area contributed by atoms with Gasteiger partial charge >= 0.3 is 0 Å². The second kappa shape index (κ2) is 6.41. The van der Waals surface area contributed by atoms with Crippen LogP contribution in [-0.4, -0.2) is 31.7 Å². The second-order valence-corrected chi connectivity index (χ2v) is 10.3. The highest BCUT2D eigenvalue weighted by Crippen LogP contribution is 2.45. The number of thiophene rings is 1. The van der Waals surface area contributed by atoms with Crippen LogP contribution < -0.4 is 5.32 Å². The molecule has 0 saturated carbocycles. The van der Waals surface area contributed by atoms with Gasteiger partial charge in [0.05, 0.1) is 15.9 Å². The number of pyridine rings is 1. The molecule has 0 amide bonds. The summed E-state index contributed by atoms with van der Waals surface area (Å²) in [5.74, 6) is 1.18. The van der Waals surface area contributed by atoms with Crippen molar-refractivity contribution in [3.8, 4) is 11.3 Å². The zero-order valence-electron chi connectivity index (χ0n) is 17.2. The van der Waals surface area contributed by atoms with E-state index in [0.29, 0.717) is 5.92 Å². The molecule has 2 fully saturated rings. The van der Waals surface area contributed by atoms with E-state index in [0.717, 1.165) is 29.2 Å². The molecule has 150 valence electrons. The molecule has 1 unspecified atom stereocenters. The number of rotatable bonds is 3. The summed E-state index contributed by atoms with van der Waals surface area (Å²) in [5.41, 5.74) is 7.24. The number of hydrogen-bond donors (Lipinski definition) is 2. The summed E-state index contributed by atoms with van der Waals surface area (Å²) < 4.78 is 3.33. The van der Waals surface area contributed by atoms with Gasteiger partial charge in [-0.3, -0.25) is 0 Å². The molecule has 6 heteroatoms. The molecule has 5 nitrogen and oxygen atoms in total. The van der Waals surface area contributed by atoms with Crippen molar-refractivity contribution in [2.75, 3.05) is 0 Å². The first-order valence-electron chi connectivity index (χ1n) is 10.8. The summed E-state index contributed by atoms with van der Waals surface area (Å²) in [7, 11) is 0. The Morgan fingerprint density at radius 1 is 1.17 bits per heavy atom. The van der Waals surface area contributed by atoms with Gasteiger partial charge in [0.2, 0.25) is 0 Å². The third-order valence-corrected chi connectivity index (χ3v) is 8.16. The van der Waals surface area contributed by atoms with Crippen LogP contribution in [0.25, 0.3) is 27.1 Å². The molecule has 6 rings (SSSR count). The van der Waals surface area contributed by atoms with Crippen molar-refractivity contribution in [1.82, 2.24) is 24.9 Å². The Kier molecular flexibility index (Phi) is 3.90. The molecule has 29 heavy (non-hydrogen) atoms. The Morgan fingerprint density at radius 2 is 1.97 bits per heavy atom. The number of aryl methyl sites for hydroxylation is 1. The number of H-pyrrole nitrogens is 1. The topological polar surface area (TPSA) is 58.0 Å². The molecule has 4 aromatic rings. The van der Waals surface area contributed by atoms with E-state index in [4.69, 9.17) is 0 Å². The SMILES string of the molecule is Cc1cc(-c2[nH]c3cc(C4C[C@H]5CC[C@@H](C4)N5)sc3c2C(C)C)cn2ncnc12. The number of nitrogens with one attached hydrogen (secondary N) is 2. The van der Waals surface area contributed by atoms with Crippen molar-refractivity contribution in [3.05, 3.63) is 40.7 Å². The zero-order valence-corrected chi connectivity index (χ0v) is 18.0. The Hall–Kier alpha value is -2.18. The van der Waals surface area contributed by atoms with Gasteiger partial charge in [-0.25, -0.2) is 9.50 Å². The van der Waals surface area contributed by atoms with E-state index in [1.807, 2.05) is 15.9 Å². The van der Waals surface area contributed by atoms with Gasteiger partial charge in [-0.2, -0.15) is 5.10 Å². The van der Waals surface area contributed by atoms with Gasteiger partial charge in [-0.05, 0) is 67.7 Å². The van der Waals surface area contributed by atoms with Crippen molar-refractivity contribution >= 4 is 27.2 Å². The molecular formula is C23H27N5S. The van der Waals surface area contributed by atoms with E-state index in [1.165, 1.54) is 52.7 Å². The highest BCUT2D eigenvalue weighted by molar-refractivity contribution is 7.19. The maximum atomic E-state index is 4.37. The molecule has 6 heterocycles. The minimum absolute atomic E-state index is 0.459. The maximum absolute atomic E-state index is 4.37. The molecule has 3 atom stereocenters. The largest absolute Gasteiger partial charge is 0.354 e. The van der Waals surface area contributed by atoms with Gasteiger partial charge in [-0.1, -0.05) is 13.8 Å². The number of aromatic nitrogens is 4. The van der Waals surface area contributed by atoms with E-state index in [2.05, 4.69) is 59.5 Å². The van der Waals surface area contributed by atoms with Gasteiger partial charge in [0.1, 0.15) is 6.33 Å². The van der Waals surface area contributed by atoms with Gasteiger partial charge in [-0.15, -0.1) is 11.3 Å². The minimum atomic E-state index is 0.459. The standard InChI is InChI=1S/C23H27N5S/c1-12(2)20-21(15-6-13(3)23-24-11-25-28(23)10-15)27-18-9-19(29-22(18)20)14-7-16-4-5-17(8-14)26-16/h6,9-12,14,16-17,26-27H,4-5,7-8H2,1-3H3/t14?,16-,17+. The van der Waals surface area contributed by atoms with E-state index in [1.54, 1.807) is 11.2 Å². The Balaban J connectivity index is 1.45. The van der Waals surface area contributed by atoms with Crippen LogP contribution >= 0.6 is 11.3 Å². The molecule has 0 radical (unpaired) electrons. The summed E-state index contributed by atoms with van der Waals surface area (Å²) in [6.45, 7) is 6.71. The third kappa shape index (κ3) is 2.76. The summed E-state index contributed by atoms with van der Waals surface area (Å²) in [6, 6.07) is 6.14. The monoisotopic (exact) mass is 405 g/mol. The Morgan fingerprint density at radius 3 is 2.72 bits per heavy atom. The Bertz CT molecular complexity index is 1200. The van der Waals surface area contributed by atoms with Crippen LogP contribution in [0.2, 0.25) is 0 Å². The lowest BCUT2D eigenvalue weighted by atomic mass is 9.91. The third-order valence-electron chi connectivity index (χ3n) is 6.83. The second-order valence-electron chi connectivity index (χ2n) is 9.21. The zero-order chi connectivity index (χ0) is 19.7. The van der Waals surface area contributed by atoms with Gasteiger partial charge in [0.25, 0.3) is 0 Å². The summed E-state index contributed by atoms with van der Waals surface area (Å²) in [6.07, 6.45) is 9.03. The van der Waals surface area contributed by atoms with Gasteiger partial charge < -0.3 is 10.3 Å². The maximum Gasteiger partial charge on any atom is 0.158 e. The predicted octanol–water partition coefficient (Wildman–Crippen LogP) is 5.37. The molecule has 2 saturated heterocycles. The van der Waals surface area contributed by atoms with Crippen molar-refractivity contribution in [2.24, 2.45) is 0 Å². The first kappa shape index (κ1) is 17.7. The van der Waals surface area contributed by atoms with Crippen LogP contribution in [0.1, 0.15) is 67.4 Å². The van der Waals surface area contributed by atoms with Crippen LogP contribution in [0.4, 0.5) is 0 Å². The van der Waals surface area contributed by atoms with Crippen LogP contribution in [0.3, 0.4) is 0 Å². The molecule has 2 aliphatic heterocycles. The molecular weight excluding hydrogens is 378 g/mol. The fourth-order valence-electron chi connectivity index (χ4n) is 5.52. The fourth-order valence-corrected chi connectivity index (χ4v) is 6.96. The lowest BCUT2D eigenvalue weighted by Gasteiger charge is -2.28. The average molecular weight is 406 g/mol. The fraction of sp³-hybridized carbons (Fsp3) is 0.478. The minimum Gasteiger partial charge on any atom is -0.354 e. The van der Waals surface area contributed by atoms with E-state index >= 15 is 0 Å². The van der Waals surface area contributed by atoms with Crippen molar-refractivity contribution in [1.29, 1.82) is 0 Å². The predicted molar refractivity (Wildman–Crippen MR) is 119 cm³/mol. The van der Waals surface area contributed by atoms with Crippen molar-refractivity contribution in [3.63, 3.8) is 0 Å². The first-order valence-corrected chi connectivity index (χ1v) is 11.6. The highest BCUT2D eigenvalue weighted by Gasteiger charge is 2.35. The van der Waals surface area contributed by atoms with Crippen LogP contribution in [-0.2, 0) is 0 Å². The number of piperidine rings is 1. The van der Waals surface area contributed by atoms with E-state index in [-0.39, 0.29) is 0 Å². The van der Waals surface area contributed by atoms with Crippen molar-refractivity contribution in [2.45, 2.75) is 70.4 Å². The highest BCUT2D eigenvalue weighted by atomic mass is 32.1. The summed E-state index contributed by atoms with van der Waals surface area (Å²) in [5, 5.41) is 8.14. The quantitative estimate of drug-likeness (QED) is 0.482. The normalized spacial score (nSPS) is 24.3. The summed E-state index contributed by atoms with van der Waals surface area (Å²) in [4.78, 5) is 9.71. The van der Waals surface area contributed by atoms with Crippen LogP contribution in [0, 0.1) is 6.92 Å². The molecule has 0 aliphatic carbocycles. The molecule has 4 aromatic heterocycles. The smallest absolute Gasteiger partial charge is 0.158 e. The number of aromatic amines is 1. The number of fused-ring (bicyclic) bond motifs is 4. The van der Waals surface area contributed by atoms with Crippen molar-refractivity contribution < 1.29 is 0 Å².